The van der Waals surface area contributed by atoms with Crippen LogP contribution in [0.5, 0.6) is 0 Å². The third-order valence-electron chi connectivity index (χ3n) is 3.07. The molecule has 0 aliphatic carbocycles. The van der Waals surface area contributed by atoms with Crippen molar-refractivity contribution in [3.05, 3.63) is 46.9 Å². The quantitative estimate of drug-likeness (QED) is 0.789. The fourth-order valence-corrected chi connectivity index (χ4v) is 3.08. The molecule has 0 radical (unpaired) electrons. The van der Waals surface area contributed by atoms with E-state index in [0.29, 0.717) is 6.54 Å². The number of rotatable bonds is 4. The van der Waals surface area contributed by atoms with Gasteiger partial charge in [0.1, 0.15) is 16.5 Å². The standard InChI is InChI=1S/C15H16N4S.ClH/c1-3-12-8-13-14(18-10(2)19-15(13)20-12)17-9-11-6-4-5-7-16-11;/h4-8H,3,9H2,1-2H3,(H,17,18,19);1H. The average molecular weight is 321 g/mol. The molecule has 21 heavy (non-hydrogen) atoms. The summed E-state index contributed by atoms with van der Waals surface area (Å²) in [5.41, 5.74) is 1.00. The Kier molecular flexibility index (Phi) is 5.09. The van der Waals surface area contributed by atoms with Gasteiger partial charge >= 0.3 is 0 Å². The van der Waals surface area contributed by atoms with Crippen LogP contribution in [0.1, 0.15) is 23.3 Å². The number of hydrogen-bond acceptors (Lipinski definition) is 5. The summed E-state index contributed by atoms with van der Waals surface area (Å²) in [7, 11) is 0. The van der Waals surface area contributed by atoms with Gasteiger partial charge in [0.15, 0.2) is 0 Å². The maximum Gasteiger partial charge on any atom is 0.138 e. The maximum absolute atomic E-state index is 4.52. The minimum atomic E-state index is 0. The van der Waals surface area contributed by atoms with E-state index in [1.807, 2.05) is 25.1 Å². The molecule has 1 N–H and O–H groups in total. The highest BCUT2D eigenvalue weighted by atomic mass is 35.5. The molecule has 0 bridgehead atoms. The van der Waals surface area contributed by atoms with E-state index in [2.05, 4.69) is 33.3 Å². The molecule has 0 aliphatic rings. The normalized spacial score (nSPS) is 10.4. The third-order valence-corrected chi connectivity index (χ3v) is 4.24. The SMILES string of the molecule is CCc1cc2c(NCc3ccccn3)nc(C)nc2s1.Cl. The van der Waals surface area contributed by atoms with E-state index in [9.17, 15) is 0 Å². The highest BCUT2D eigenvalue weighted by Gasteiger charge is 2.09. The first-order chi connectivity index (χ1) is 9.76. The number of thiophene rings is 1. The van der Waals surface area contributed by atoms with Gasteiger partial charge in [-0.25, -0.2) is 9.97 Å². The Balaban J connectivity index is 0.00000161. The minimum Gasteiger partial charge on any atom is -0.364 e. The molecule has 0 fully saturated rings. The number of hydrogen-bond donors (Lipinski definition) is 1. The van der Waals surface area contributed by atoms with Crippen LogP contribution < -0.4 is 5.32 Å². The van der Waals surface area contributed by atoms with Gasteiger partial charge in [0.05, 0.1) is 17.6 Å². The lowest BCUT2D eigenvalue weighted by molar-refractivity contribution is 1.01. The van der Waals surface area contributed by atoms with Crippen LogP contribution in [0.15, 0.2) is 30.5 Å². The minimum absolute atomic E-state index is 0. The molecular weight excluding hydrogens is 304 g/mol. The van der Waals surface area contributed by atoms with Gasteiger partial charge in [0.25, 0.3) is 0 Å². The van der Waals surface area contributed by atoms with Crippen LogP contribution >= 0.6 is 23.7 Å². The average Bonchev–Trinajstić information content (AvgIpc) is 2.88. The summed E-state index contributed by atoms with van der Waals surface area (Å²) in [6.45, 7) is 4.76. The molecule has 0 spiro atoms. The zero-order valence-corrected chi connectivity index (χ0v) is 13.6. The van der Waals surface area contributed by atoms with Crippen LogP contribution in [0.4, 0.5) is 5.82 Å². The first kappa shape index (κ1) is 15.7. The fourth-order valence-electron chi connectivity index (χ4n) is 2.06. The van der Waals surface area contributed by atoms with Gasteiger partial charge in [-0.2, -0.15) is 0 Å². The van der Waals surface area contributed by atoms with E-state index in [1.54, 1.807) is 17.5 Å². The van der Waals surface area contributed by atoms with Gasteiger partial charge in [0.2, 0.25) is 0 Å². The molecule has 110 valence electrons. The lowest BCUT2D eigenvalue weighted by atomic mass is 10.3. The molecule has 6 heteroatoms. The summed E-state index contributed by atoms with van der Waals surface area (Å²) in [6.07, 6.45) is 2.83. The molecule has 0 amide bonds. The van der Waals surface area contributed by atoms with Crippen LogP contribution in [0.25, 0.3) is 10.2 Å². The zero-order valence-electron chi connectivity index (χ0n) is 12.0. The molecule has 3 aromatic rings. The second-order valence-corrected chi connectivity index (χ2v) is 5.69. The molecule has 0 aromatic carbocycles. The molecule has 4 nitrogen and oxygen atoms in total. The predicted molar refractivity (Wildman–Crippen MR) is 90.3 cm³/mol. The van der Waals surface area contributed by atoms with Crippen LogP contribution in [0, 0.1) is 6.92 Å². The number of nitrogens with zero attached hydrogens (tertiary/aromatic N) is 3. The molecule has 3 heterocycles. The van der Waals surface area contributed by atoms with Crippen molar-refractivity contribution in [3.63, 3.8) is 0 Å². The summed E-state index contributed by atoms with van der Waals surface area (Å²) in [5, 5.41) is 4.48. The van der Waals surface area contributed by atoms with Crippen molar-refractivity contribution >= 4 is 39.8 Å². The monoisotopic (exact) mass is 320 g/mol. The first-order valence-corrected chi connectivity index (χ1v) is 7.48. The van der Waals surface area contributed by atoms with Crippen molar-refractivity contribution in [2.75, 3.05) is 5.32 Å². The fraction of sp³-hybridized carbons (Fsp3) is 0.267. The number of pyridine rings is 1. The van der Waals surface area contributed by atoms with Gasteiger partial charge in [-0.05, 0) is 31.5 Å². The molecule has 0 saturated heterocycles. The summed E-state index contributed by atoms with van der Waals surface area (Å²) >= 11 is 1.74. The number of nitrogens with one attached hydrogen (secondary N) is 1. The molecular formula is C15H17ClN4S. The van der Waals surface area contributed by atoms with Crippen LogP contribution in [0.3, 0.4) is 0 Å². The van der Waals surface area contributed by atoms with Crippen molar-refractivity contribution in [1.29, 1.82) is 0 Å². The lowest BCUT2D eigenvalue weighted by Gasteiger charge is -2.07. The Morgan fingerprint density at radius 2 is 2.10 bits per heavy atom. The van der Waals surface area contributed by atoms with Gasteiger partial charge in [-0.15, -0.1) is 23.7 Å². The number of halogens is 1. The van der Waals surface area contributed by atoms with Crippen LogP contribution in [0.2, 0.25) is 0 Å². The van der Waals surface area contributed by atoms with E-state index < -0.39 is 0 Å². The second-order valence-electron chi connectivity index (χ2n) is 4.58. The molecule has 0 aliphatic heterocycles. The predicted octanol–water partition coefficient (Wildman–Crippen LogP) is 3.99. The summed E-state index contributed by atoms with van der Waals surface area (Å²) in [6, 6.07) is 8.09. The number of anilines is 1. The van der Waals surface area contributed by atoms with Crippen LogP contribution in [-0.4, -0.2) is 15.0 Å². The second kappa shape index (κ2) is 6.83. The van der Waals surface area contributed by atoms with Crippen molar-refractivity contribution in [2.24, 2.45) is 0 Å². The Hall–Kier alpha value is -1.72. The van der Waals surface area contributed by atoms with Crippen molar-refractivity contribution in [3.8, 4) is 0 Å². The van der Waals surface area contributed by atoms with E-state index >= 15 is 0 Å². The number of aryl methyl sites for hydroxylation is 2. The Morgan fingerprint density at radius 3 is 2.81 bits per heavy atom. The van der Waals surface area contributed by atoms with E-state index in [-0.39, 0.29) is 12.4 Å². The highest BCUT2D eigenvalue weighted by Crippen LogP contribution is 2.29. The molecule has 0 unspecified atom stereocenters. The maximum atomic E-state index is 4.52. The molecule has 0 atom stereocenters. The Bertz CT molecular complexity index is 727. The highest BCUT2D eigenvalue weighted by molar-refractivity contribution is 7.18. The smallest absolute Gasteiger partial charge is 0.138 e. The van der Waals surface area contributed by atoms with Crippen molar-refractivity contribution < 1.29 is 0 Å². The van der Waals surface area contributed by atoms with E-state index in [0.717, 1.165) is 34.0 Å². The van der Waals surface area contributed by atoms with E-state index in [1.165, 1.54) is 4.88 Å². The largest absolute Gasteiger partial charge is 0.364 e. The topological polar surface area (TPSA) is 50.7 Å². The third kappa shape index (κ3) is 3.49. The molecule has 3 rings (SSSR count). The first-order valence-electron chi connectivity index (χ1n) is 6.67. The van der Waals surface area contributed by atoms with Crippen molar-refractivity contribution in [2.45, 2.75) is 26.8 Å². The zero-order chi connectivity index (χ0) is 13.9. The number of fused-ring (bicyclic) bond motifs is 1. The molecule has 0 saturated carbocycles. The Labute approximate surface area is 134 Å². The van der Waals surface area contributed by atoms with Crippen molar-refractivity contribution in [1.82, 2.24) is 15.0 Å². The van der Waals surface area contributed by atoms with Crippen LogP contribution in [-0.2, 0) is 13.0 Å². The summed E-state index contributed by atoms with van der Waals surface area (Å²) in [4.78, 5) is 15.7. The lowest BCUT2D eigenvalue weighted by Crippen LogP contribution is -2.04. The van der Waals surface area contributed by atoms with Gasteiger partial charge in [-0.3, -0.25) is 4.98 Å². The van der Waals surface area contributed by atoms with Gasteiger partial charge < -0.3 is 5.32 Å². The van der Waals surface area contributed by atoms with Gasteiger partial charge in [-0.1, -0.05) is 13.0 Å². The van der Waals surface area contributed by atoms with E-state index in [4.69, 9.17) is 0 Å². The molecule has 3 aromatic heterocycles. The Morgan fingerprint density at radius 1 is 1.24 bits per heavy atom. The summed E-state index contributed by atoms with van der Waals surface area (Å²) < 4.78 is 0. The summed E-state index contributed by atoms with van der Waals surface area (Å²) in [5.74, 6) is 1.69. The van der Waals surface area contributed by atoms with Gasteiger partial charge in [0, 0.05) is 11.1 Å². The number of aromatic nitrogens is 3.